The van der Waals surface area contributed by atoms with Crippen molar-refractivity contribution in [1.29, 1.82) is 0 Å². The number of nitrogens with zero attached hydrogens (tertiary/aromatic N) is 7. The first kappa shape index (κ1) is 28.7. The number of hydrogen-bond acceptors (Lipinski definition) is 13. The lowest BCUT2D eigenvalue weighted by atomic mass is 10.1. The van der Waals surface area contributed by atoms with E-state index in [-0.39, 0.29) is 35.6 Å². The van der Waals surface area contributed by atoms with Crippen molar-refractivity contribution >= 4 is 36.0 Å². The van der Waals surface area contributed by atoms with Gasteiger partial charge in [-0.15, -0.1) is 10.2 Å². The van der Waals surface area contributed by atoms with Gasteiger partial charge in [-0.25, -0.2) is 4.68 Å². The van der Waals surface area contributed by atoms with Crippen molar-refractivity contribution in [3.63, 3.8) is 0 Å². The van der Waals surface area contributed by atoms with Crippen molar-refractivity contribution < 1.29 is 38.8 Å². The van der Waals surface area contributed by atoms with Crippen LogP contribution in [0, 0.1) is 0 Å². The summed E-state index contributed by atoms with van der Waals surface area (Å²) in [5, 5.41) is 40.5. The van der Waals surface area contributed by atoms with E-state index in [9.17, 15) is 24.6 Å². The number of aromatic amines is 1. The first-order valence-corrected chi connectivity index (χ1v) is 13.5. The van der Waals surface area contributed by atoms with E-state index in [1.807, 2.05) is 13.8 Å². The fourth-order valence-corrected chi connectivity index (χ4v) is 5.20. The maximum Gasteiger partial charge on any atom is 0.359 e. The zero-order valence-corrected chi connectivity index (χ0v) is 22.3. The summed E-state index contributed by atoms with van der Waals surface area (Å²) in [7, 11) is -3.68. The summed E-state index contributed by atoms with van der Waals surface area (Å²) in [6.07, 6.45) is -4.11. The summed E-state index contributed by atoms with van der Waals surface area (Å²) in [5.41, 5.74) is 0.245. The molecule has 17 nitrogen and oxygen atoms in total. The van der Waals surface area contributed by atoms with Gasteiger partial charge >= 0.3 is 7.60 Å². The van der Waals surface area contributed by atoms with Crippen molar-refractivity contribution in [3.05, 3.63) is 17.3 Å². The summed E-state index contributed by atoms with van der Waals surface area (Å²) in [5.74, 6) is 0.648. The number of halogens is 1. The lowest BCUT2D eigenvalue weighted by Crippen LogP contribution is -2.42. The Labute approximate surface area is 221 Å². The number of aromatic nitrogens is 8. The Morgan fingerprint density at radius 1 is 1.32 bits per heavy atom. The Kier molecular flexibility index (Phi) is 8.61. The van der Waals surface area contributed by atoms with Gasteiger partial charge in [0.1, 0.15) is 24.1 Å². The van der Waals surface area contributed by atoms with Gasteiger partial charge in [-0.1, -0.05) is 5.21 Å². The molecule has 19 heteroatoms. The average molecular weight is 578 g/mol. The highest BCUT2D eigenvalue weighted by Gasteiger charge is 2.51. The number of H-pyrrole nitrogens is 1. The van der Waals surface area contributed by atoms with Crippen LogP contribution >= 0.6 is 19.2 Å². The highest BCUT2D eigenvalue weighted by Crippen LogP contribution is 2.54. The maximum absolute atomic E-state index is 12.5. The summed E-state index contributed by atoms with van der Waals surface area (Å²) in [6.45, 7) is 2.86. The number of aliphatic hydroxyl groups excluding tert-OH is 2. The van der Waals surface area contributed by atoms with Gasteiger partial charge in [-0.05, 0) is 31.9 Å². The molecule has 0 amide bonds. The lowest BCUT2D eigenvalue weighted by Gasteiger charge is -2.34. The minimum Gasteiger partial charge on any atom is -0.387 e. The van der Waals surface area contributed by atoms with Crippen LogP contribution in [0.1, 0.15) is 32.3 Å². The van der Waals surface area contributed by atoms with Gasteiger partial charge < -0.3 is 39.5 Å². The highest BCUT2D eigenvalue weighted by molar-refractivity contribution is 7.53. The van der Waals surface area contributed by atoms with Crippen molar-refractivity contribution in [2.75, 3.05) is 25.6 Å². The molecule has 1 aliphatic rings. The van der Waals surface area contributed by atoms with E-state index in [2.05, 4.69) is 41.0 Å². The second kappa shape index (κ2) is 11.4. The van der Waals surface area contributed by atoms with Crippen LogP contribution in [-0.2, 0) is 25.2 Å². The molecular formula is C19H29ClN9O8P. The lowest BCUT2D eigenvalue weighted by molar-refractivity contribution is -0.115. The number of anilines is 1. The van der Waals surface area contributed by atoms with Crippen molar-refractivity contribution in [2.24, 2.45) is 0 Å². The number of hydrogen-bond donors (Lipinski definition) is 6. The predicted molar refractivity (Wildman–Crippen MR) is 130 cm³/mol. The number of ether oxygens (including phenoxy) is 3. The number of nitrogens with one attached hydrogen (secondary N) is 2. The third-order valence-corrected chi connectivity index (χ3v) is 7.69. The molecule has 0 aliphatic carbocycles. The zero-order valence-electron chi connectivity index (χ0n) is 20.7. The van der Waals surface area contributed by atoms with Crippen molar-refractivity contribution in [1.82, 2.24) is 40.4 Å². The van der Waals surface area contributed by atoms with E-state index in [4.69, 9.17) is 25.8 Å². The van der Waals surface area contributed by atoms with Gasteiger partial charge in [0.25, 0.3) is 0 Å². The molecule has 0 aromatic carbocycles. The van der Waals surface area contributed by atoms with Crippen LogP contribution < -0.4 is 5.32 Å². The molecule has 0 unspecified atom stereocenters. The first-order chi connectivity index (χ1) is 18.0. The predicted octanol–water partition coefficient (Wildman–Crippen LogP) is -0.398. The molecular weight excluding hydrogens is 549 g/mol. The van der Waals surface area contributed by atoms with Crippen LogP contribution in [0.5, 0.6) is 0 Å². The van der Waals surface area contributed by atoms with E-state index >= 15 is 0 Å². The number of aryl methyl sites for hydroxylation is 1. The van der Waals surface area contributed by atoms with Gasteiger partial charge in [-0.2, -0.15) is 20.3 Å². The van der Waals surface area contributed by atoms with E-state index in [1.54, 1.807) is 0 Å². The standard InChI is InChI=1S/C19H29ClN9O8P/c1-9(2)22-15-10-6-21-29(16(10)24-18(20)23-15)17-14(31)13(30)11(37-17)7-36-19(8-35-3,38(32,33)34)5-4-12-25-27-28-26-12/h6,9,11,13-14,17,30-31H,4-5,7-8H2,1-3H3,(H,22,23,24)(H2,32,33,34)(H,25,26,27,28)/t11-,13-,14-,17-,19-/m1/s1. The average Bonchev–Trinajstić information content (AvgIpc) is 3.56. The van der Waals surface area contributed by atoms with Crippen molar-refractivity contribution in [3.8, 4) is 0 Å². The summed E-state index contributed by atoms with van der Waals surface area (Å²) < 4.78 is 30.4. The molecule has 3 aromatic rings. The van der Waals surface area contributed by atoms with Crippen LogP contribution in [0.3, 0.4) is 0 Å². The maximum atomic E-state index is 12.5. The number of aliphatic hydroxyl groups is 2. The fourth-order valence-electron chi connectivity index (χ4n) is 4.10. The largest absolute Gasteiger partial charge is 0.387 e. The fraction of sp³-hybridized carbons (Fsp3) is 0.684. The Balaban J connectivity index is 1.55. The van der Waals surface area contributed by atoms with Gasteiger partial charge in [-0.3, -0.25) is 4.57 Å². The number of methoxy groups -OCH3 is 1. The van der Waals surface area contributed by atoms with E-state index < -0.39 is 50.7 Å². The highest BCUT2D eigenvalue weighted by atomic mass is 35.5. The molecule has 1 fully saturated rings. The first-order valence-electron chi connectivity index (χ1n) is 11.6. The van der Waals surface area contributed by atoms with E-state index in [0.29, 0.717) is 11.2 Å². The molecule has 1 aliphatic heterocycles. The van der Waals surface area contributed by atoms with Gasteiger partial charge in [0.15, 0.2) is 23.0 Å². The normalized spacial score (nSPS) is 23.8. The Hall–Kier alpha value is -2.34. The molecule has 3 aromatic heterocycles. The quantitative estimate of drug-likeness (QED) is 0.119. The molecule has 0 saturated carbocycles. The molecule has 0 radical (unpaired) electrons. The number of fused-ring (bicyclic) bond motifs is 1. The second-order valence-corrected chi connectivity index (χ2v) is 11.3. The molecule has 38 heavy (non-hydrogen) atoms. The molecule has 1 saturated heterocycles. The third-order valence-electron chi connectivity index (χ3n) is 5.98. The van der Waals surface area contributed by atoms with Crippen LogP contribution in [0.15, 0.2) is 6.20 Å². The SMILES string of the molecule is COC[C@](CCc1nn[nH]n1)(OC[C@H]1O[C@@H](n2ncc3c(NC(C)C)nc(Cl)nc32)[C@H](O)[C@@H]1O)P(=O)(O)O. The molecule has 6 N–H and O–H groups in total. The minimum atomic E-state index is -4.94. The molecule has 0 bridgehead atoms. The zero-order chi connectivity index (χ0) is 27.7. The van der Waals surface area contributed by atoms with Gasteiger partial charge in [0.2, 0.25) is 5.28 Å². The summed E-state index contributed by atoms with van der Waals surface area (Å²) in [6, 6.07) is 0.0330. The summed E-state index contributed by atoms with van der Waals surface area (Å²) >= 11 is 6.10. The molecule has 0 spiro atoms. The van der Waals surface area contributed by atoms with E-state index in [1.165, 1.54) is 18.0 Å². The molecule has 4 heterocycles. The minimum absolute atomic E-state index is 0.0107. The topological polar surface area (TPSA) is 236 Å². The Bertz CT molecular complexity index is 1270. The third kappa shape index (κ3) is 5.80. The molecule has 5 atom stereocenters. The summed E-state index contributed by atoms with van der Waals surface area (Å²) in [4.78, 5) is 28.7. The molecule has 210 valence electrons. The van der Waals surface area contributed by atoms with Gasteiger partial charge in [0.05, 0.1) is 24.8 Å². The van der Waals surface area contributed by atoms with Crippen LogP contribution in [0.25, 0.3) is 11.0 Å². The van der Waals surface area contributed by atoms with Crippen LogP contribution in [0.2, 0.25) is 5.28 Å². The van der Waals surface area contributed by atoms with Gasteiger partial charge in [0, 0.05) is 19.6 Å². The second-order valence-electron chi connectivity index (χ2n) is 9.08. The van der Waals surface area contributed by atoms with E-state index in [0.717, 1.165) is 0 Å². The smallest absolute Gasteiger partial charge is 0.359 e. The molecule has 4 rings (SSSR count). The number of rotatable bonds is 12. The van der Waals surface area contributed by atoms with Crippen LogP contribution in [0.4, 0.5) is 5.82 Å². The Morgan fingerprint density at radius 2 is 2.08 bits per heavy atom. The van der Waals surface area contributed by atoms with Crippen molar-refractivity contribution in [2.45, 2.75) is 62.6 Å². The van der Waals surface area contributed by atoms with Crippen LogP contribution in [-0.4, -0.2) is 110 Å². The Morgan fingerprint density at radius 3 is 2.71 bits per heavy atom. The number of tetrazole rings is 1. The monoisotopic (exact) mass is 577 g/mol.